The molecule has 1 nitrogen and oxygen atoms in total. The molecule has 0 aliphatic rings. The Balaban J connectivity index is 2.37. The van der Waals surface area contributed by atoms with E-state index in [9.17, 15) is 0 Å². The van der Waals surface area contributed by atoms with E-state index in [1.54, 1.807) is 12.1 Å². The van der Waals surface area contributed by atoms with E-state index in [0.29, 0.717) is 22.4 Å². The van der Waals surface area contributed by atoms with Crippen molar-refractivity contribution >= 4 is 50.7 Å². The van der Waals surface area contributed by atoms with Crippen molar-refractivity contribution in [1.29, 1.82) is 0 Å². The zero-order chi connectivity index (χ0) is 14.7. The summed E-state index contributed by atoms with van der Waals surface area (Å²) in [4.78, 5) is 0. The summed E-state index contributed by atoms with van der Waals surface area (Å²) in [5.41, 5.74) is 1.72. The van der Waals surface area contributed by atoms with E-state index in [1.165, 1.54) is 0 Å². The van der Waals surface area contributed by atoms with Crippen LogP contribution in [-0.2, 0) is 0 Å². The maximum Gasteiger partial charge on any atom is 0.139 e. The van der Waals surface area contributed by atoms with Crippen molar-refractivity contribution in [2.45, 2.75) is 12.3 Å². The van der Waals surface area contributed by atoms with Gasteiger partial charge < -0.3 is 4.74 Å². The standard InChI is InChI=1S/C15H12BrCl3O/c1-2-20-14-8-12(17)11(7-13(14)18)15(19)9-3-5-10(16)6-4-9/h3-8,15H,2H2,1H3. The Labute approximate surface area is 141 Å². The molecule has 1 atom stereocenters. The molecule has 2 rings (SSSR count). The molecule has 0 fully saturated rings. The Bertz CT molecular complexity index is 599. The van der Waals surface area contributed by atoms with Gasteiger partial charge in [0.25, 0.3) is 0 Å². The van der Waals surface area contributed by atoms with Crippen LogP contribution in [0.2, 0.25) is 10.0 Å². The monoisotopic (exact) mass is 392 g/mol. The van der Waals surface area contributed by atoms with Gasteiger partial charge in [0.15, 0.2) is 0 Å². The van der Waals surface area contributed by atoms with Gasteiger partial charge >= 0.3 is 0 Å². The predicted molar refractivity (Wildman–Crippen MR) is 89.5 cm³/mol. The Morgan fingerprint density at radius 2 is 1.75 bits per heavy atom. The van der Waals surface area contributed by atoms with Gasteiger partial charge in [-0.1, -0.05) is 51.3 Å². The molecule has 0 radical (unpaired) electrons. The zero-order valence-corrected chi connectivity index (χ0v) is 14.5. The van der Waals surface area contributed by atoms with Crippen LogP contribution in [-0.4, -0.2) is 6.61 Å². The number of hydrogen-bond acceptors (Lipinski definition) is 1. The maximum atomic E-state index is 6.49. The maximum absolute atomic E-state index is 6.49. The number of hydrogen-bond donors (Lipinski definition) is 0. The number of benzene rings is 2. The fourth-order valence-corrected chi connectivity index (χ4v) is 2.95. The average molecular weight is 395 g/mol. The smallest absolute Gasteiger partial charge is 0.139 e. The van der Waals surface area contributed by atoms with Crippen LogP contribution in [0, 0.1) is 0 Å². The number of halogens is 4. The highest BCUT2D eigenvalue weighted by Gasteiger charge is 2.17. The normalized spacial score (nSPS) is 12.2. The quantitative estimate of drug-likeness (QED) is 0.539. The van der Waals surface area contributed by atoms with Crippen LogP contribution in [0.25, 0.3) is 0 Å². The number of alkyl halides is 1. The van der Waals surface area contributed by atoms with Crippen molar-refractivity contribution in [2.75, 3.05) is 6.61 Å². The predicted octanol–water partition coefficient (Wildman–Crippen LogP) is 6.48. The average Bonchev–Trinajstić information content (AvgIpc) is 2.43. The lowest BCUT2D eigenvalue weighted by molar-refractivity contribution is 0.340. The topological polar surface area (TPSA) is 9.23 Å². The molecule has 0 N–H and O–H groups in total. The molecule has 0 aliphatic carbocycles. The third kappa shape index (κ3) is 3.62. The van der Waals surface area contributed by atoms with Crippen LogP contribution in [0.15, 0.2) is 40.9 Å². The summed E-state index contributed by atoms with van der Waals surface area (Å²) >= 11 is 22.4. The molecule has 2 aromatic rings. The lowest BCUT2D eigenvalue weighted by atomic mass is 10.0. The molecule has 0 saturated heterocycles. The minimum absolute atomic E-state index is 0.358. The van der Waals surface area contributed by atoms with Gasteiger partial charge in [0.1, 0.15) is 5.75 Å². The van der Waals surface area contributed by atoms with Gasteiger partial charge in [-0.05, 0) is 36.2 Å². The second-order valence-electron chi connectivity index (χ2n) is 4.15. The van der Waals surface area contributed by atoms with E-state index in [4.69, 9.17) is 39.5 Å². The Morgan fingerprint density at radius 1 is 1.10 bits per heavy atom. The number of ether oxygens (including phenoxy) is 1. The first-order valence-corrected chi connectivity index (χ1v) is 8.02. The second-order valence-corrected chi connectivity index (χ2v) is 6.32. The first-order valence-electron chi connectivity index (χ1n) is 6.04. The summed E-state index contributed by atoms with van der Waals surface area (Å²) in [6.07, 6.45) is 0. The molecule has 20 heavy (non-hydrogen) atoms. The molecular formula is C15H12BrCl3O. The van der Waals surface area contributed by atoms with Crippen molar-refractivity contribution in [3.8, 4) is 5.75 Å². The summed E-state index contributed by atoms with van der Waals surface area (Å²) < 4.78 is 6.41. The minimum Gasteiger partial charge on any atom is -0.492 e. The molecule has 0 aromatic heterocycles. The molecule has 0 spiro atoms. The zero-order valence-electron chi connectivity index (χ0n) is 10.7. The van der Waals surface area contributed by atoms with Crippen molar-refractivity contribution in [3.63, 3.8) is 0 Å². The van der Waals surface area contributed by atoms with E-state index in [-0.39, 0.29) is 5.38 Å². The third-order valence-electron chi connectivity index (χ3n) is 2.79. The Morgan fingerprint density at radius 3 is 2.35 bits per heavy atom. The summed E-state index contributed by atoms with van der Waals surface area (Å²) in [6.45, 7) is 2.43. The molecule has 0 saturated carbocycles. The minimum atomic E-state index is -0.358. The van der Waals surface area contributed by atoms with Crippen LogP contribution >= 0.6 is 50.7 Å². The third-order valence-corrected chi connectivity index (χ3v) is 4.43. The van der Waals surface area contributed by atoms with E-state index < -0.39 is 0 Å². The van der Waals surface area contributed by atoms with E-state index in [2.05, 4.69) is 15.9 Å². The lowest BCUT2D eigenvalue weighted by Gasteiger charge is -2.15. The van der Waals surface area contributed by atoms with Crippen LogP contribution in [0.4, 0.5) is 0 Å². The van der Waals surface area contributed by atoms with Crippen molar-refractivity contribution in [3.05, 3.63) is 62.0 Å². The SMILES string of the molecule is CCOc1cc(Cl)c(C(Cl)c2ccc(Br)cc2)cc1Cl. The van der Waals surface area contributed by atoms with E-state index >= 15 is 0 Å². The first kappa shape index (κ1) is 16.0. The van der Waals surface area contributed by atoms with Crippen molar-refractivity contribution in [2.24, 2.45) is 0 Å². The first-order chi connectivity index (χ1) is 9.52. The second kappa shape index (κ2) is 7.04. The fourth-order valence-electron chi connectivity index (χ4n) is 1.82. The van der Waals surface area contributed by atoms with Gasteiger partial charge in [-0.2, -0.15) is 0 Å². The molecule has 1 unspecified atom stereocenters. The Hall–Kier alpha value is -0.410. The molecule has 0 heterocycles. The highest BCUT2D eigenvalue weighted by Crippen LogP contribution is 2.39. The summed E-state index contributed by atoms with van der Waals surface area (Å²) in [6, 6.07) is 11.2. The molecule has 2 aromatic carbocycles. The fraction of sp³-hybridized carbons (Fsp3) is 0.200. The molecule has 106 valence electrons. The van der Waals surface area contributed by atoms with Crippen molar-refractivity contribution in [1.82, 2.24) is 0 Å². The van der Waals surface area contributed by atoms with E-state index in [0.717, 1.165) is 15.6 Å². The van der Waals surface area contributed by atoms with Crippen LogP contribution in [0.5, 0.6) is 5.75 Å². The number of rotatable bonds is 4. The van der Waals surface area contributed by atoms with Crippen LogP contribution in [0.1, 0.15) is 23.4 Å². The summed E-state index contributed by atoms with van der Waals surface area (Å²) in [5, 5.41) is 0.693. The lowest BCUT2D eigenvalue weighted by Crippen LogP contribution is -1.97. The highest BCUT2D eigenvalue weighted by atomic mass is 79.9. The summed E-state index contributed by atoms with van der Waals surface area (Å²) in [5.74, 6) is 0.572. The molecule has 0 aliphatic heterocycles. The van der Waals surface area contributed by atoms with Crippen LogP contribution < -0.4 is 4.74 Å². The van der Waals surface area contributed by atoms with Gasteiger partial charge in [0.2, 0.25) is 0 Å². The highest BCUT2D eigenvalue weighted by molar-refractivity contribution is 9.10. The Kier molecular flexibility index (Phi) is 5.62. The van der Waals surface area contributed by atoms with E-state index in [1.807, 2.05) is 31.2 Å². The van der Waals surface area contributed by atoms with Gasteiger partial charge in [-0.25, -0.2) is 0 Å². The largest absolute Gasteiger partial charge is 0.492 e. The molecule has 5 heteroatoms. The van der Waals surface area contributed by atoms with Crippen LogP contribution in [0.3, 0.4) is 0 Å². The van der Waals surface area contributed by atoms with Gasteiger partial charge in [-0.15, -0.1) is 11.6 Å². The van der Waals surface area contributed by atoms with Crippen molar-refractivity contribution < 1.29 is 4.74 Å². The van der Waals surface area contributed by atoms with Gasteiger partial charge in [0, 0.05) is 15.6 Å². The molecular weight excluding hydrogens is 382 g/mol. The van der Waals surface area contributed by atoms with Gasteiger partial charge in [0.05, 0.1) is 17.0 Å². The summed E-state index contributed by atoms with van der Waals surface area (Å²) in [7, 11) is 0. The van der Waals surface area contributed by atoms with Gasteiger partial charge in [-0.3, -0.25) is 0 Å². The molecule has 0 bridgehead atoms. The molecule has 0 amide bonds.